The van der Waals surface area contributed by atoms with Gasteiger partial charge in [-0.2, -0.15) is 0 Å². The van der Waals surface area contributed by atoms with Gasteiger partial charge in [-0.25, -0.2) is 0 Å². The van der Waals surface area contributed by atoms with Gasteiger partial charge in [0, 0.05) is 33.8 Å². The highest BCUT2D eigenvalue weighted by molar-refractivity contribution is 5.98. The number of nitrogens with zero attached hydrogens (tertiary/aromatic N) is 2. The van der Waals surface area contributed by atoms with Crippen molar-refractivity contribution in [1.82, 2.24) is 0 Å². The van der Waals surface area contributed by atoms with Gasteiger partial charge in [-0.1, -0.05) is 236 Å². The summed E-state index contributed by atoms with van der Waals surface area (Å²) in [6.45, 7) is 14.7. The quantitative estimate of drug-likeness (QED) is 0.128. The Labute approximate surface area is 421 Å². The maximum absolute atomic E-state index is 2.54. The summed E-state index contributed by atoms with van der Waals surface area (Å²) in [5.74, 6) is 0. The largest absolute Gasteiger partial charge is 0.310 e. The van der Waals surface area contributed by atoms with E-state index in [4.69, 9.17) is 0 Å². The van der Waals surface area contributed by atoms with Crippen LogP contribution in [-0.2, 0) is 10.8 Å². The van der Waals surface area contributed by atoms with E-state index in [0.29, 0.717) is 0 Å². The summed E-state index contributed by atoms with van der Waals surface area (Å²) in [5.41, 5.74) is 21.1. The van der Waals surface area contributed by atoms with Crippen LogP contribution in [0.5, 0.6) is 0 Å². The SMILES string of the molecule is CC1(C)c2cc(-c3ccc(N(c4ccc(-c5ccccc5)cc4)c4ccccc4-c4ccccc4)cc3)c(N(c3ccccc3)c3ccccc3-c3ccccc3-c3ccccc3)cc2C(C)(C)C1(C)C. The van der Waals surface area contributed by atoms with Gasteiger partial charge in [-0.05, 0) is 127 Å². The van der Waals surface area contributed by atoms with E-state index in [1.807, 2.05) is 0 Å². The van der Waals surface area contributed by atoms with E-state index in [2.05, 4.69) is 306 Å². The molecule has 1 aliphatic rings. The molecule has 346 valence electrons. The van der Waals surface area contributed by atoms with Crippen LogP contribution >= 0.6 is 0 Å². The molecule has 10 aromatic rings. The van der Waals surface area contributed by atoms with Crippen LogP contribution in [0.15, 0.2) is 255 Å². The summed E-state index contributed by atoms with van der Waals surface area (Å²) >= 11 is 0. The van der Waals surface area contributed by atoms with Crippen molar-refractivity contribution in [2.45, 2.75) is 52.4 Å². The standard InChI is InChI=1S/C69H60N2/c1-67(2)62-47-61(53-41-45-56(46-42-53)70(55-43-39-50(40-44-55)49-25-11-7-12-26-49)64-37-23-21-34-58(64)52-29-15-9-16-30-52)66(48-63(62)68(3,4)69(67,5)6)71(54-31-17-10-18-32-54)65-38-24-22-36-60(65)59-35-20-19-33-57(59)51-27-13-8-14-28-51/h7-48H,1-6H3. The van der Waals surface area contributed by atoms with Crippen molar-refractivity contribution in [3.8, 4) is 55.6 Å². The summed E-state index contributed by atoms with van der Waals surface area (Å²) in [4.78, 5) is 4.93. The van der Waals surface area contributed by atoms with Crippen molar-refractivity contribution < 1.29 is 0 Å². The van der Waals surface area contributed by atoms with Gasteiger partial charge in [0.25, 0.3) is 0 Å². The van der Waals surface area contributed by atoms with E-state index in [0.717, 1.165) is 39.7 Å². The molecule has 0 aliphatic heterocycles. The molecule has 0 saturated carbocycles. The van der Waals surface area contributed by atoms with E-state index in [9.17, 15) is 0 Å². The fraction of sp³-hybridized carbons (Fsp3) is 0.130. The predicted molar refractivity (Wildman–Crippen MR) is 303 cm³/mol. The fourth-order valence-electron chi connectivity index (χ4n) is 11.1. The van der Waals surface area contributed by atoms with E-state index < -0.39 is 0 Å². The minimum absolute atomic E-state index is 0.0328. The first-order valence-electron chi connectivity index (χ1n) is 25.0. The second-order valence-electron chi connectivity index (χ2n) is 20.6. The molecular formula is C69H60N2. The van der Waals surface area contributed by atoms with Gasteiger partial charge >= 0.3 is 0 Å². The second-order valence-corrected chi connectivity index (χ2v) is 20.6. The van der Waals surface area contributed by atoms with Crippen molar-refractivity contribution in [2.24, 2.45) is 5.41 Å². The topological polar surface area (TPSA) is 6.48 Å². The number of fused-ring (bicyclic) bond motifs is 1. The molecule has 71 heavy (non-hydrogen) atoms. The predicted octanol–water partition coefficient (Wildman–Crippen LogP) is 19.6. The van der Waals surface area contributed by atoms with E-state index in [1.54, 1.807) is 0 Å². The average Bonchev–Trinajstić information content (AvgIpc) is 3.53. The van der Waals surface area contributed by atoms with Crippen LogP contribution in [0.3, 0.4) is 0 Å². The van der Waals surface area contributed by atoms with Gasteiger partial charge < -0.3 is 9.80 Å². The van der Waals surface area contributed by atoms with Gasteiger partial charge in [-0.15, -0.1) is 0 Å². The lowest BCUT2D eigenvalue weighted by molar-refractivity contribution is 0.125. The number of hydrogen-bond donors (Lipinski definition) is 0. The fourth-order valence-corrected chi connectivity index (χ4v) is 11.1. The number of anilines is 6. The van der Waals surface area contributed by atoms with Gasteiger partial charge in [0.15, 0.2) is 0 Å². The Morgan fingerprint density at radius 1 is 0.239 bits per heavy atom. The Bertz CT molecular complexity index is 3460. The van der Waals surface area contributed by atoms with Crippen LogP contribution in [0.4, 0.5) is 34.1 Å². The molecular weight excluding hydrogens is 857 g/mol. The highest BCUT2D eigenvalue weighted by Crippen LogP contribution is 2.63. The molecule has 2 heteroatoms. The highest BCUT2D eigenvalue weighted by Gasteiger charge is 2.57. The smallest absolute Gasteiger partial charge is 0.0543 e. The second kappa shape index (κ2) is 18.3. The van der Waals surface area contributed by atoms with Crippen molar-refractivity contribution in [3.05, 3.63) is 266 Å². The lowest BCUT2D eigenvalue weighted by Gasteiger charge is -2.44. The first-order chi connectivity index (χ1) is 34.5. The molecule has 0 bridgehead atoms. The number of rotatable bonds is 11. The molecule has 0 heterocycles. The molecule has 2 nitrogen and oxygen atoms in total. The number of benzene rings is 10. The van der Waals surface area contributed by atoms with Crippen molar-refractivity contribution in [1.29, 1.82) is 0 Å². The van der Waals surface area contributed by atoms with Crippen molar-refractivity contribution >= 4 is 34.1 Å². The Hall–Kier alpha value is -8.20. The number of para-hydroxylation sites is 3. The molecule has 0 fully saturated rings. The molecule has 0 saturated heterocycles. The van der Waals surface area contributed by atoms with Gasteiger partial charge in [0.05, 0.1) is 17.1 Å². The molecule has 0 radical (unpaired) electrons. The Balaban J connectivity index is 1.12. The van der Waals surface area contributed by atoms with E-state index in [-0.39, 0.29) is 16.2 Å². The van der Waals surface area contributed by atoms with Crippen molar-refractivity contribution in [2.75, 3.05) is 9.80 Å². The summed E-state index contributed by atoms with van der Waals surface area (Å²) in [7, 11) is 0. The molecule has 0 atom stereocenters. The van der Waals surface area contributed by atoms with Crippen molar-refractivity contribution in [3.63, 3.8) is 0 Å². The molecule has 0 N–H and O–H groups in total. The summed E-state index contributed by atoms with van der Waals surface area (Å²) < 4.78 is 0. The van der Waals surface area contributed by atoms with E-state index >= 15 is 0 Å². The first-order valence-corrected chi connectivity index (χ1v) is 25.0. The minimum Gasteiger partial charge on any atom is -0.310 e. The molecule has 1 aliphatic carbocycles. The average molecular weight is 917 g/mol. The molecule has 0 unspecified atom stereocenters. The summed E-state index contributed by atoms with van der Waals surface area (Å²) in [6, 6.07) is 93.1. The highest BCUT2D eigenvalue weighted by atomic mass is 15.2. The van der Waals surface area contributed by atoms with Crippen LogP contribution in [-0.4, -0.2) is 0 Å². The molecule has 0 spiro atoms. The molecule has 0 amide bonds. The monoisotopic (exact) mass is 916 g/mol. The summed E-state index contributed by atoms with van der Waals surface area (Å²) in [6.07, 6.45) is 0. The minimum atomic E-state index is -0.118. The van der Waals surface area contributed by atoms with Gasteiger partial charge in [0.2, 0.25) is 0 Å². The van der Waals surface area contributed by atoms with E-state index in [1.165, 1.54) is 61.2 Å². The Kier molecular flexibility index (Phi) is 11.7. The van der Waals surface area contributed by atoms with Gasteiger partial charge in [0.1, 0.15) is 0 Å². The first kappa shape index (κ1) is 45.3. The molecule has 11 rings (SSSR count). The molecule has 10 aromatic carbocycles. The maximum Gasteiger partial charge on any atom is 0.0543 e. The summed E-state index contributed by atoms with van der Waals surface area (Å²) in [5, 5.41) is 0. The number of hydrogen-bond acceptors (Lipinski definition) is 2. The maximum atomic E-state index is 2.54. The Morgan fingerprint density at radius 3 is 1.14 bits per heavy atom. The lowest BCUT2D eigenvalue weighted by Crippen LogP contribution is -2.42. The lowest BCUT2D eigenvalue weighted by atomic mass is 9.59. The van der Waals surface area contributed by atoms with Crippen LogP contribution < -0.4 is 9.80 Å². The van der Waals surface area contributed by atoms with Crippen LogP contribution in [0.1, 0.15) is 52.7 Å². The third-order valence-electron chi connectivity index (χ3n) is 16.2. The zero-order valence-electron chi connectivity index (χ0n) is 41.6. The Morgan fingerprint density at radius 2 is 0.592 bits per heavy atom. The van der Waals surface area contributed by atoms with Crippen LogP contribution in [0, 0.1) is 5.41 Å². The third-order valence-corrected chi connectivity index (χ3v) is 16.2. The van der Waals surface area contributed by atoms with Crippen LogP contribution in [0.2, 0.25) is 0 Å². The zero-order valence-corrected chi connectivity index (χ0v) is 41.6. The molecule has 0 aromatic heterocycles. The zero-order chi connectivity index (χ0) is 48.7. The normalized spacial score (nSPS) is 14.1. The third kappa shape index (κ3) is 7.94. The van der Waals surface area contributed by atoms with Crippen LogP contribution in [0.25, 0.3) is 55.6 Å². The van der Waals surface area contributed by atoms with Gasteiger partial charge in [-0.3, -0.25) is 0 Å².